The molecule has 29 heavy (non-hydrogen) atoms. The normalized spacial score (nSPS) is 50.3. The van der Waals surface area contributed by atoms with Crippen molar-refractivity contribution in [1.82, 2.24) is 0 Å². The SMILES string of the molecule is CC(CCC(=O)O)C1CCC2C3CCC4CC(O)C(C[O-])C[C@]4(C)C3CC[C@]12C. The van der Waals surface area contributed by atoms with Crippen LogP contribution in [0, 0.1) is 52.3 Å². The molecule has 2 N–H and O–H groups in total. The van der Waals surface area contributed by atoms with Crippen molar-refractivity contribution < 1.29 is 20.1 Å². The summed E-state index contributed by atoms with van der Waals surface area (Å²) >= 11 is 0. The van der Waals surface area contributed by atoms with E-state index in [-0.39, 0.29) is 24.0 Å². The standard InChI is InChI=1S/C25H41O4/c1-15(4-9-23(28)29)19-7-8-20-18-6-5-17-12-22(27)16(14-26)13-25(17,3)21(18)10-11-24(19,20)2/h15-22,27H,4-14H2,1-3H3,(H,28,29)/q-1/t15?,16?,17?,18?,19?,20?,21?,22?,24-,25+/m1/s1. The van der Waals surface area contributed by atoms with E-state index in [0.717, 1.165) is 31.1 Å². The predicted octanol–water partition coefficient (Wildman–Crippen LogP) is 4.09. The monoisotopic (exact) mass is 405 g/mol. The van der Waals surface area contributed by atoms with Crippen LogP contribution in [-0.2, 0) is 4.79 Å². The molecule has 4 aliphatic rings. The first-order valence-corrected chi connectivity index (χ1v) is 12.2. The summed E-state index contributed by atoms with van der Waals surface area (Å²) in [6.07, 6.45) is 10.0. The van der Waals surface area contributed by atoms with Crippen molar-refractivity contribution in [3.63, 3.8) is 0 Å². The fourth-order valence-corrected chi connectivity index (χ4v) is 9.12. The lowest BCUT2D eigenvalue weighted by Gasteiger charge is -2.62. The molecule has 0 amide bonds. The second-order valence-electron chi connectivity index (χ2n) is 11.7. The Morgan fingerprint density at radius 2 is 1.83 bits per heavy atom. The van der Waals surface area contributed by atoms with Crippen LogP contribution in [0.15, 0.2) is 0 Å². The van der Waals surface area contributed by atoms with Gasteiger partial charge in [0.05, 0.1) is 6.10 Å². The third kappa shape index (κ3) is 3.46. The van der Waals surface area contributed by atoms with Gasteiger partial charge >= 0.3 is 5.97 Å². The summed E-state index contributed by atoms with van der Waals surface area (Å²) in [4.78, 5) is 11.1. The molecule has 0 aromatic rings. The zero-order valence-corrected chi connectivity index (χ0v) is 18.6. The Bertz CT molecular complexity index is 620. The second kappa shape index (κ2) is 7.82. The molecule has 8 unspecified atom stereocenters. The molecule has 0 spiro atoms. The van der Waals surface area contributed by atoms with Crippen LogP contribution in [-0.4, -0.2) is 28.9 Å². The lowest BCUT2D eigenvalue weighted by atomic mass is 9.43. The summed E-state index contributed by atoms with van der Waals surface area (Å²) in [7, 11) is 0. The number of carboxylic acid groups (broad SMARTS) is 1. The third-order valence-electron chi connectivity index (χ3n) is 10.6. The maximum absolute atomic E-state index is 11.7. The van der Waals surface area contributed by atoms with Gasteiger partial charge in [-0.25, -0.2) is 0 Å². The summed E-state index contributed by atoms with van der Waals surface area (Å²) in [6.45, 7) is 7.12. The topological polar surface area (TPSA) is 80.6 Å². The van der Waals surface area contributed by atoms with Crippen molar-refractivity contribution in [2.45, 2.75) is 91.1 Å². The highest BCUT2D eigenvalue weighted by Crippen LogP contribution is 2.68. The van der Waals surface area contributed by atoms with Crippen LogP contribution < -0.4 is 5.11 Å². The molecule has 4 nitrogen and oxygen atoms in total. The summed E-state index contributed by atoms with van der Waals surface area (Å²) in [5, 5.41) is 31.3. The minimum absolute atomic E-state index is 0.0596. The largest absolute Gasteiger partial charge is 0.854 e. The van der Waals surface area contributed by atoms with Crippen LogP contribution in [0.2, 0.25) is 0 Å². The van der Waals surface area contributed by atoms with Gasteiger partial charge in [-0.1, -0.05) is 20.8 Å². The van der Waals surface area contributed by atoms with Gasteiger partial charge in [-0.3, -0.25) is 4.79 Å². The van der Waals surface area contributed by atoms with Gasteiger partial charge in [-0.2, -0.15) is 0 Å². The number of hydrogen-bond donors (Lipinski definition) is 2. The van der Waals surface area contributed by atoms with Gasteiger partial charge in [0.1, 0.15) is 0 Å². The van der Waals surface area contributed by atoms with Gasteiger partial charge in [0.25, 0.3) is 0 Å². The number of aliphatic carboxylic acids is 1. The molecule has 0 aromatic heterocycles. The van der Waals surface area contributed by atoms with Crippen LogP contribution >= 0.6 is 0 Å². The fourth-order valence-electron chi connectivity index (χ4n) is 9.12. The second-order valence-corrected chi connectivity index (χ2v) is 11.7. The van der Waals surface area contributed by atoms with E-state index in [4.69, 9.17) is 5.11 Å². The summed E-state index contributed by atoms with van der Waals surface area (Å²) in [5.74, 6) is 3.21. The van der Waals surface area contributed by atoms with E-state index in [1.807, 2.05) is 0 Å². The Labute approximate surface area is 176 Å². The van der Waals surface area contributed by atoms with Gasteiger partial charge in [-0.15, -0.1) is 6.61 Å². The first kappa shape index (κ1) is 21.6. The van der Waals surface area contributed by atoms with Gasteiger partial charge in [0.15, 0.2) is 0 Å². The minimum atomic E-state index is -0.668. The highest BCUT2D eigenvalue weighted by atomic mass is 16.4. The number of fused-ring (bicyclic) bond motifs is 5. The van der Waals surface area contributed by atoms with E-state index in [2.05, 4.69) is 20.8 Å². The molecule has 4 rings (SSSR count). The molecule has 4 aliphatic carbocycles. The van der Waals surface area contributed by atoms with Crippen molar-refractivity contribution in [2.75, 3.05) is 6.61 Å². The first-order valence-electron chi connectivity index (χ1n) is 12.2. The van der Waals surface area contributed by atoms with E-state index in [0.29, 0.717) is 35.5 Å². The Morgan fingerprint density at radius 3 is 2.52 bits per heavy atom. The van der Waals surface area contributed by atoms with Gasteiger partial charge in [0.2, 0.25) is 0 Å². The van der Waals surface area contributed by atoms with Crippen LogP contribution in [0.25, 0.3) is 0 Å². The Balaban J connectivity index is 1.52. The van der Waals surface area contributed by atoms with Crippen LogP contribution in [0.4, 0.5) is 0 Å². The molecule has 0 aromatic carbocycles. The quantitative estimate of drug-likeness (QED) is 0.722. The minimum Gasteiger partial charge on any atom is -0.854 e. The number of aliphatic hydroxyl groups is 1. The van der Waals surface area contributed by atoms with Crippen molar-refractivity contribution in [2.24, 2.45) is 52.3 Å². The molecule has 0 aliphatic heterocycles. The van der Waals surface area contributed by atoms with Crippen LogP contribution in [0.3, 0.4) is 0 Å². The zero-order valence-electron chi connectivity index (χ0n) is 18.6. The summed E-state index contributed by atoms with van der Waals surface area (Å²) < 4.78 is 0. The van der Waals surface area contributed by atoms with Crippen molar-refractivity contribution in [3.8, 4) is 0 Å². The van der Waals surface area contributed by atoms with E-state index in [9.17, 15) is 15.0 Å². The maximum Gasteiger partial charge on any atom is 0.303 e. The van der Waals surface area contributed by atoms with Crippen molar-refractivity contribution in [3.05, 3.63) is 0 Å². The summed E-state index contributed by atoms with van der Waals surface area (Å²) in [5.41, 5.74) is 0.583. The molecule has 0 heterocycles. The van der Waals surface area contributed by atoms with E-state index < -0.39 is 5.97 Å². The molecule has 0 bridgehead atoms. The number of hydrogen-bond acceptors (Lipinski definition) is 3. The molecular formula is C25H41O4-. The zero-order chi connectivity index (χ0) is 21.0. The predicted molar refractivity (Wildman–Crippen MR) is 111 cm³/mol. The van der Waals surface area contributed by atoms with E-state index in [1.165, 1.54) is 38.5 Å². The molecular weight excluding hydrogens is 364 g/mol. The van der Waals surface area contributed by atoms with Crippen LogP contribution in [0.5, 0.6) is 0 Å². The summed E-state index contributed by atoms with van der Waals surface area (Å²) in [6, 6.07) is 0. The Morgan fingerprint density at radius 1 is 1.10 bits per heavy atom. The number of rotatable bonds is 5. The van der Waals surface area contributed by atoms with Crippen LogP contribution in [0.1, 0.15) is 85.0 Å². The number of carboxylic acids is 1. The molecule has 4 fully saturated rings. The third-order valence-corrected chi connectivity index (χ3v) is 10.6. The van der Waals surface area contributed by atoms with E-state index >= 15 is 0 Å². The fraction of sp³-hybridized carbons (Fsp3) is 0.960. The highest BCUT2D eigenvalue weighted by Gasteiger charge is 2.61. The Hall–Kier alpha value is -0.610. The van der Waals surface area contributed by atoms with E-state index in [1.54, 1.807) is 0 Å². The maximum atomic E-state index is 11.7. The molecule has 0 radical (unpaired) electrons. The lowest BCUT2D eigenvalue weighted by Crippen LogP contribution is -2.56. The van der Waals surface area contributed by atoms with Crippen molar-refractivity contribution in [1.29, 1.82) is 0 Å². The number of carbonyl (C=O) groups is 1. The average molecular weight is 406 g/mol. The van der Waals surface area contributed by atoms with Gasteiger partial charge in [0, 0.05) is 6.42 Å². The average Bonchev–Trinajstić information content (AvgIpc) is 3.03. The molecule has 0 saturated heterocycles. The molecule has 4 saturated carbocycles. The smallest absolute Gasteiger partial charge is 0.303 e. The highest BCUT2D eigenvalue weighted by molar-refractivity contribution is 5.66. The van der Waals surface area contributed by atoms with Gasteiger partial charge in [-0.05, 0) is 110 Å². The van der Waals surface area contributed by atoms with Crippen molar-refractivity contribution >= 4 is 5.97 Å². The Kier molecular flexibility index (Phi) is 5.83. The lowest BCUT2D eigenvalue weighted by molar-refractivity contribution is -0.388. The molecule has 4 heteroatoms. The first-order chi connectivity index (χ1) is 13.7. The number of aliphatic hydroxyl groups excluding tert-OH is 1. The van der Waals surface area contributed by atoms with Gasteiger partial charge < -0.3 is 15.3 Å². The molecule has 10 atom stereocenters. The molecule has 166 valence electrons.